The minimum atomic E-state index is 0.0664. The van der Waals surface area contributed by atoms with Gasteiger partial charge in [0, 0.05) is 6.42 Å². The molecule has 1 heterocycles. The van der Waals surface area contributed by atoms with Crippen LogP contribution in [0.15, 0.2) is 60.7 Å². The fraction of sp³-hybridized carbons (Fsp3) is 0.455. The van der Waals surface area contributed by atoms with Crippen LogP contribution in [-0.4, -0.2) is 12.2 Å². The van der Waals surface area contributed by atoms with E-state index in [1.54, 1.807) is 0 Å². The fourth-order valence-corrected chi connectivity index (χ4v) is 3.46. The molecule has 0 aliphatic carbocycles. The predicted octanol–water partition coefficient (Wildman–Crippen LogP) is 5.85. The number of benzene rings is 2. The summed E-state index contributed by atoms with van der Waals surface area (Å²) in [4.78, 5) is 0. The topological polar surface area (TPSA) is 18.5 Å². The van der Waals surface area contributed by atoms with Gasteiger partial charge in [0.2, 0.25) is 0 Å². The highest BCUT2D eigenvalue weighted by Gasteiger charge is 2.25. The molecule has 0 unspecified atom stereocenters. The van der Waals surface area contributed by atoms with E-state index in [-0.39, 0.29) is 24.4 Å². The molecule has 1 fully saturated rings. The van der Waals surface area contributed by atoms with Crippen LogP contribution in [0.3, 0.4) is 0 Å². The molecule has 1 saturated heterocycles. The normalized spacial score (nSPS) is 29.1. The molecular formula is C22H28O2. The first-order valence-electron chi connectivity index (χ1n) is 9.13. The van der Waals surface area contributed by atoms with Crippen LogP contribution >= 0.6 is 0 Å². The van der Waals surface area contributed by atoms with Gasteiger partial charge in [-0.3, -0.25) is 0 Å². The smallest absolute Gasteiger partial charge is 0.0856 e. The van der Waals surface area contributed by atoms with Crippen molar-refractivity contribution in [2.75, 3.05) is 0 Å². The van der Waals surface area contributed by atoms with E-state index in [9.17, 15) is 0 Å². The Morgan fingerprint density at radius 2 is 1.08 bits per heavy atom. The minimum Gasteiger partial charge on any atom is -0.370 e. The molecule has 0 bridgehead atoms. The van der Waals surface area contributed by atoms with Crippen LogP contribution in [0.25, 0.3) is 0 Å². The van der Waals surface area contributed by atoms with Crippen LogP contribution < -0.4 is 0 Å². The average Bonchev–Trinajstić information content (AvgIpc) is 2.62. The van der Waals surface area contributed by atoms with Crippen LogP contribution in [0.2, 0.25) is 0 Å². The molecule has 1 aliphatic heterocycles. The van der Waals surface area contributed by atoms with E-state index in [2.05, 4.69) is 74.5 Å². The van der Waals surface area contributed by atoms with Crippen molar-refractivity contribution in [3.8, 4) is 0 Å². The van der Waals surface area contributed by atoms with E-state index in [4.69, 9.17) is 9.47 Å². The highest BCUT2D eigenvalue weighted by molar-refractivity contribution is 5.21. The van der Waals surface area contributed by atoms with Crippen molar-refractivity contribution in [3.05, 3.63) is 71.8 Å². The van der Waals surface area contributed by atoms with Crippen molar-refractivity contribution < 1.29 is 9.47 Å². The number of ether oxygens (including phenoxy) is 2. The van der Waals surface area contributed by atoms with E-state index in [0.29, 0.717) is 0 Å². The van der Waals surface area contributed by atoms with E-state index >= 15 is 0 Å². The van der Waals surface area contributed by atoms with E-state index in [1.165, 1.54) is 11.1 Å². The Morgan fingerprint density at radius 1 is 0.667 bits per heavy atom. The van der Waals surface area contributed by atoms with Gasteiger partial charge in [-0.2, -0.15) is 0 Å². The molecule has 2 heteroatoms. The summed E-state index contributed by atoms with van der Waals surface area (Å²) in [7, 11) is 0. The van der Waals surface area contributed by atoms with Gasteiger partial charge in [-0.1, -0.05) is 60.7 Å². The second-order valence-corrected chi connectivity index (χ2v) is 6.86. The number of rotatable bonds is 2. The SMILES string of the molecule is C[C@H]1CCC[C@H](C)O[C@H](c2ccccc2)C[C@@H](c2ccccc2)O1. The maximum atomic E-state index is 6.42. The van der Waals surface area contributed by atoms with Crippen LogP contribution in [0.4, 0.5) is 0 Å². The Bertz CT molecular complexity index is 542. The largest absolute Gasteiger partial charge is 0.370 e. The summed E-state index contributed by atoms with van der Waals surface area (Å²) in [6, 6.07) is 21.1. The zero-order valence-corrected chi connectivity index (χ0v) is 14.7. The van der Waals surface area contributed by atoms with Gasteiger partial charge in [0.05, 0.1) is 24.4 Å². The summed E-state index contributed by atoms with van der Waals surface area (Å²) in [6.07, 6.45) is 4.86. The van der Waals surface area contributed by atoms with E-state index in [0.717, 1.165) is 25.7 Å². The Kier molecular flexibility index (Phi) is 6.06. The molecule has 3 rings (SSSR count). The molecule has 2 aromatic carbocycles. The van der Waals surface area contributed by atoms with Crippen LogP contribution in [0, 0.1) is 0 Å². The molecule has 24 heavy (non-hydrogen) atoms. The highest BCUT2D eigenvalue weighted by atomic mass is 16.5. The van der Waals surface area contributed by atoms with Gasteiger partial charge in [0.15, 0.2) is 0 Å². The van der Waals surface area contributed by atoms with E-state index in [1.807, 2.05) is 0 Å². The van der Waals surface area contributed by atoms with E-state index < -0.39 is 0 Å². The Morgan fingerprint density at radius 3 is 1.50 bits per heavy atom. The molecule has 0 saturated carbocycles. The van der Waals surface area contributed by atoms with Gasteiger partial charge in [0.25, 0.3) is 0 Å². The quantitative estimate of drug-likeness (QED) is 0.689. The van der Waals surface area contributed by atoms with Crippen molar-refractivity contribution in [1.29, 1.82) is 0 Å². The third-order valence-corrected chi connectivity index (χ3v) is 4.79. The first-order chi connectivity index (χ1) is 11.7. The Balaban J connectivity index is 1.87. The van der Waals surface area contributed by atoms with Gasteiger partial charge >= 0.3 is 0 Å². The number of hydrogen-bond donors (Lipinski definition) is 0. The monoisotopic (exact) mass is 324 g/mol. The predicted molar refractivity (Wildman–Crippen MR) is 97.9 cm³/mol. The summed E-state index contributed by atoms with van der Waals surface area (Å²) in [6.45, 7) is 4.39. The molecule has 0 amide bonds. The Hall–Kier alpha value is -1.64. The van der Waals surface area contributed by atoms with Crippen LogP contribution in [0.1, 0.15) is 62.9 Å². The third kappa shape index (κ3) is 4.68. The lowest BCUT2D eigenvalue weighted by Crippen LogP contribution is -2.22. The molecule has 128 valence electrons. The summed E-state index contributed by atoms with van der Waals surface area (Å²) < 4.78 is 12.8. The first kappa shape index (κ1) is 17.2. The minimum absolute atomic E-state index is 0.0664. The first-order valence-corrected chi connectivity index (χ1v) is 9.13. The summed E-state index contributed by atoms with van der Waals surface area (Å²) in [5.41, 5.74) is 2.48. The second kappa shape index (κ2) is 8.46. The molecule has 0 spiro atoms. The molecule has 0 radical (unpaired) electrons. The van der Waals surface area contributed by atoms with Crippen molar-refractivity contribution in [2.24, 2.45) is 0 Å². The van der Waals surface area contributed by atoms with Gasteiger partial charge in [-0.25, -0.2) is 0 Å². The zero-order chi connectivity index (χ0) is 16.8. The van der Waals surface area contributed by atoms with Gasteiger partial charge in [-0.15, -0.1) is 0 Å². The Labute approximate surface area is 145 Å². The molecule has 1 aliphatic rings. The molecular weight excluding hydrogens is 296 g/mol. The van der Waals surface area contributed by atoms with Crippen molar-refractivity contribution >= 4 is 0 Å². The van der Waals surface area contributed by atoms with Crippen molar-refractivity contribution in [1.82, 2.24) is 0 Å². The number of hydrogen-bond acceptors (Lipinski definition) is 2. The molecule has 0 aromatic heterocycles. The van der Waals surface area contributed by atoms with Crippen molar-refractivity contribution in [3.63, 3.8) is 0 Å². The zero-order valence-electron chi connectivity index (χ0n) is 14.7. The van der Waals surface area contributed by atoms with Gasteiger partial charge in [-0.05, 0) is 44.2 Å². The fourth-order valence-electron chi connectivity index (χ4n) is 3.46. The molecule has 2 aromatic rings. The summed E-state index contributed by atoms with van der Waals surface area (Å²) in [5, 5.41) is 0. The van der Waals surface area contributed by atoms with Gasteiger partial charge in [0.1, 0.15) is 0 Å². The van der Waals surface area contributed by atoms with Gasteiger partial charge < -0.3 is 9.47 Å². The third-order valence-electron chi connectivity index (χ3n) is 4.79. The van der Waals surface area contributed by atoms with Crippen LogP contribution in [0.5, 0.6) is 0 Å². The molecule has 2 nitrogen and oxygen atoms in total. The van der Waals surface area contributed by atoms with Crippen molar-refractivity contribution in [2.45, 2.75) is 63.9 Å². The van der Waals surface area contributed by atoms with Crippen LogP contribution in [-0.2, 0) is 9.47 Å². The lowest BCUT2D eigenvalue weighted by atomic mass is 9.97. The standard InChI is InChI=1S/C22H28O2/c1-17-10-9-11-18(2)24-22(20-14-7-4-8-15-20)16-21(23-17)19-12-5-3-6-13-19/h3-8,12-15,17-18,21-22H,9-11,16H2,1-2H3/t17-,18-,21-,22-/m0/s1. The molecule has 0 N–H and O–H groups in total. The average molecular weight is 324 g/mol. The summed E-state index contributed by atoms with van der Waals surface area (Å²) >= 11 is 0. The lowest BCUT2D eigenvalue weighted by molar-refractivity contribution is -0.0814. The second-order valence-electron chi connectivity index (χ2n) is 6.86. The summed E-state index contributed by atoms with van der Waals surface area (Å²) in [5.74, 6) is 0. The lowest BCUT2D eigenvalue weighted by Gasteiger charge is -2.31. The maximum Gasteiger partial charge on any atom is 0.0856 e. The molecule has 4 atom stereocenters. The maximum absolute atomic E-state index is 6.42. The highest BCUT2D eigenvalue weighted by Crippen LogP contribution is 2.35.